The number of fused-ring (bicyclic) bond motifs is 1. The Kier molecular flexibility index (Phi) is 13.1. The standard InChI is InChI=1S/C46H58FN9O2/c1-3-43-41(44(51-38-13-23-58-24-14-38)40-29-50-56(4-2)45(40)52-43)32-55-21-19-54(20-22-55)31-35-8-6-10-37(26-35)46(57)49-28-33-11-12-42(47)39(27-33)36-9-5-7-34(25-36)30-53-17-15-48-16-18-53/h5-12,25-27,29,38,48H,3-4,13-24,28,30-32H2,1-2H3,(H,49,57)(H,51,52). The van der Waals surface area contributed by atoms with E-state index in [2.05, 4.69) is 67.8 Å². The van der Waals surface area contributed by atoms with E-state index in [1.807, 2.05) is 47.3 Å². The second-order valence-electron chi connectivity index (χ2n) is 16.0. The third-order valence-corrected chi connectivity index (χ3v) is 12.0. The van der Waals surface area contributed by atoms with Gasteiger partial charge < -0.3 is 20.7 Å². The summed E-state index contributed by atoms with van der Waals surface area (Å²) >= 11 is 0. The maximum absolute atomic E-state index is 15.1. The molecule has 3 aromatic carbocycles. The predicted molar refractivity (Wildman–Crippen MR) is 228 cm³/mol. The van der Waals surface area contributed by atoms with Crippen molar-refractivity contribution in [1.29, 1.82) is 0 Å². The van der Waals surface area contributed by atoms with Crippen LogP contribution in [0.1, 0.15) is 65.0 Å². The van der Waals surface area contributed by atoms with Crippen LogP contribution in [0.3, 0.4) is 0 Å². The van der Waals surface area contributed by atoms with Crippen LogP contribution in [0.4, 0.5) is 10.1 Å². The Balaban J connectivity index is 0.871. The molecule has 2 aromatic heterocycles. The average Bonchev–Trinajstić information content (AvgIpc) is 3.68. The number of piperazine rings is 2. The first kappa shape index (κ1) is 40.1. The number of benzene rings is 3. The van der Waals surface area contributed by atoms with Gasteiger partial charge in [0, 0.05) is 127 Å². The number of hydrogen-bond donors (Lipinski definition) is 3. The molecule has 5 heterocycles. The molecule has 58 heavy (non-hydrogen) atoms. The number of carbonyl (C=O) groups is 1. The molecule has 0 saturated carbocycles. The summed E-state index contributed by atoms with van der Waals surface area (Å²) in [5.74, 6) is -0.401. The SMILES string of the molecule is CCc1nc2c(cnn2CC)c(NC2CCOCC2)c1CN1CCN(Cc2cccc(C(=O)NCc3ccc(F)c(-c4cccc(CN5CCNCC5)c4)c3)c2)CC1. The predicted octanol–water partition coefficient (Wildman–Crippen LogP) is 6.06. The summed E-state index contributed by atoms with van der Waals surface area (Å²) in [6.07, 6.45) is 4.84. The van der Waals surface area contributed by atoms with Crippen LogP contribution in [0.5, 0.6) is 0 Å². The van der Waals surface area contributed by atoms with Crippen LogP contribution in [0.15, 0.2) is 72.9 Å². The Morgan fingerprint density at radius 3 is 2.29 bits per heavy atom. The van der Waals surface area contributed by atoms with Gasteiger partial charge in [-0.15, -0.1) is 0 Å². The molecule has 306 valence electrons. The number of anilines is 1. The highest BCUT2D eigenvalue weighted by molar-refractivity contribution is 5.94. The molecule has 0 atom stereocenters. The zero-order chi connectivity index (χ0) is 39.8. The van der Waals surface area contributed by atoms with Gasteiger partial charge in [0.2, 0.25) is 0 Å². The van der Waals surface area contributed by atoms with Crippen molar-refractivity contribution in [3.8, 4) is 11.1 Å². The second-order valence-corrected chi connectivity index (χ2v) is 16.0. The number of pyridine rings is 1. The zero-order valence-electron chi connectivity index (χ0n) is 34.1. The molecule has 3 aliphatic heterocycles. The van der Waals surface area contributed by atoms with E-state index in [1.54, 1.807) is 6.07 Å². The highest BCUT2D eigenvalue weighted by Crippen LogP contribution is 2.33. The molecule has 0 aliphatic carbocycles. The summed E-state index contributed by atoms with van der Waals surface area (Å²) in [5, 5.41) is 16.2. The van der Waals surface area contributed by atoms with Crippen molar-refractivity contribution in [3.63, 3.8) is 0 Å². The quantitative estimate of drug-likeness (QED) is 0.124. The first-order chi connectivity index (χ1) is 28.4. The third kappa shape index (κ3) is 9.59. The van der Waals surface area contributed by atoms with Crippen LogP contribution in [0.25, 0.3) is 22.2 Å². The van der Waals surface area contributed by atoms with Gasteiger partial charge >= 0.3 is 0 Å². The maximum atomic E-state index is 15.1. The van der Waals surface area contributed by atoms with Crippen molar-refractivity contribution in [2.24, 2.45) is 0 Å². The number of nitrogens with zero attached hydrogens (tertiary/aromatic N) is 6. The molecule has 12 heteroatoms. The van der Waals surface area contributed by atoms with Crippen LogP contribution in [0, 0.1) is 5.82 Å². The number of nitrogens with one attached hydrogen (secondary N) is 3. The summed E-state index contributed by atoms with van der Waals surface area (Å²) in [6.45, 7) is 17.2. The smallest absolute Gasteiger partial charge is 0.251 e. The van der Waals surface area contributed by atoms with E-state index in [0.29, 0.717) is 23.7 Å². The zero-order valence-corrected chi connectivity index (χ0v) is 34.1. The Labute approximate surface area is 341 Å². The number of amides is 1. The fraction of sp³-hybridized carbons (Fsp3) is 0.457. The van der Waals surface area contributed by atoms with Gasteiger partial charge in [-0.2, -0.15) is 5.10 Å². The molecule has 8 rings (SSSR count). The minimum atomic E-state index is -0.264. The van der Waals surface area contributed by atoms with Gasteiger partial charge in [0.25, 0.3) is 5.91 Å². The van der Waals surface area contributed by atoms with Gasteiger partial charge in [0.15, 0.2) is 5.65 Å². The van der Waals surface area contributed by atoms with Crippen LogP contribution in [0.2, 0.25) is 0 Å². The number of hydrogen-bond acceptors (Lipinski definition) is 9. The molecule has 3 aliphatic rings. The molecular weight excluding hydrogens is 730 g/mol. The van der Waals surface area contributed by atoms with Crippen molar-refractivity contribution >= 4 is 22.6 Å². The van der Waals surface area contributed by atoms with E-state index < -0.39 is 0 Å². The van der Waals surface area contributed by atoms with Crippen LogP contribution < -0.4 is 16.0 Å². The lowest BCUT2D eigenvalue weighted by Gasteiger charge is -2.36. The third-order valence-electron chi connectivity index (χ3n) is 12.0. The van der Waals surface area contributed by atoms with Crippen LogP contribution >= 0.6 is 0 Å². The second kappa shape index (κ2) is 18.9. The van der Waals surface area contributed by atoms with Crippen molar-refractivity contribution in [2.45, 2.75) is 71.9 Å². The number of halogens is 1. The minimum Gasteiger partial charge on any atom is -0.381 e. The maximum Gasteiger partial charge on any atom is 0.251 e. The summed E-state index contributed by atoms with van der Waals surface area (Å²) in [5.41, 5.74) is 9.76. The topological polar surface area (TPSA) is 103 Å². The fourth-order valence-electron chi connectivity index (χ4n) is 8.63. The van der Waals surface area contributed by atoms with Crippen LogP contribution in [-0.2, 0) is 43.9 Å². The average molecular weight is 788 g/mol. The van der Waals surface area contributed by atoms with E-state index in [4.69, 9.17) is 9.72 Å². The van der Waals surface area contributed by atoms with Gasteiger partial charge in [0.1, 0.15) is 5.82 Å². The summed E-state index contributed by atoms with van der Waals surface area (Å²) in [7, 11) is 0. The number of ether oxygens (including phenoxy) is 1. The Morgan fingerprint density at radius 1 is 0.845 bits per heavy atom. The van der Waals surface area contributed by atoms with Crippen molar-refractivity contribution in [1.82, 2.24) is 40.1 Å². The Hall–Kier alpha value is -4.72. The largest absolute Gasteiger partial charge is 0.381 e. The summed E-state index contributed by atoms with van der Waals surface area (Å²) < 4.78 is 22.8. The monoisotopic (exact) mass is 787 g/mol. The lowest BCUT2D eigenvalue weighted by molar-refractivity contribution is 0.0904. The van der Waals surface area contributed by atoms with E-state index in [-0.39, 0.29) is 11.7 Å². The molecule has 5 aromatic rings. The van der Waals surface area contributed by atoms with Gasteiger partial charge in [-0.25, -0.2) is 14.1 Å². The van der Waals surface area contributed by atoms with Crippen molar-refractivity contribution < 1.29 is 13.9 Å². The Morgan fingerprint density at radius 2 is 1.55 bits per heavy atom. The number of rotatable bonds is 14. The lowest BCUT2D eigenvalue weighted by Crippen LogP contribution is -2.45. The normalized spacial score (nSPS) is 17.5. The molecule has 3 saturated heterocycles. The van der Waals surface area contributed by atoms with E-state index in [9.17, 15) is 4.79 Å². The number of aryl methyl sites for hydroxylation is 2. The molecule has 0 radical (unpaired) electrons. The highest BCUT2D eigenvalue weighted by Gasteiger charge is 2.25. The van der Waals surface area contributed by atoms with Gasteiger partial charge in [-0.1, -0.05) is 43.3 Å². The minimum absolute atomic E-state index is 0.137. The highest BCUT2D eigenvalue weighted by atomic mass is 19.1. The summed E-state index contributed by atoms with van der Waals surface area (Å²) in [4.78, 5) is 26.0. The molecule has 11 nitrogen and oxygen atoms in total. The summed E-state index contributed by atoms with van der Waals surface area (Å²) in [6, 6.07) is 21.6. The molecule has 3 fully saturated rings. The van der Waals surface area contributed by atoms with Crippen molar-refractivity contribution in [3.05, 3.63) is 112 Å². The van der Waals surface area contributed by atoms with Gasteiger partial charge in [-0.3, -0.25) is 19.5 Å². The fourth-order valence-corrected chi connectivity index (χ4v) is 8.63. The number of aromatic nitrogens is 3. The molecule has 3 N–H and O–H groups in total. The molecular formula is C46H58FN9O2. The molecule has 0 spiro atoms. The Bertz CT molecular complexity index is 2170. The van der Waals surface area contributed by atoms with Gasteiger partial charge in [-0.05, 0) is 78.8 Å². The first-order valence-corrected chi connectivity index (χ1v) is 21.3. The van der Waals surface area contributed by atoms with Gasteiger partial charge in [0.05, 0.1) is 17.3 Å². The number of carbonyl (C=O) groups excluding carboxylic acids is 1. The first-order valence-electron chi connectivity index (χ1n) is 21.3. The van der Waals surface area contributed by atoms with E-state index in [0.717, 1.165) is 144 Å². The van der Waals surface area contributed by atoms with E-state index >= 15 is 4.39 Å². The van der Waals surface area contributed by atoms with Crippen molar-refractivity contribution in [2.75, 3.05) is 70.9 Å². The molecule has 0 bridgehead atoms. The molecule has 0 unspecified atom stereocenters. The lowest BCUT2D eigenvalue weighted by atomic mass is 10.00. The van der Waals surface area contributed by atoms with E-state index in [1.165, 1.54) is 22.9 Å². The van der Waals surface area contributed by atoms with Crippen LogP contribution in [-0.4, -0.2) is 107 Å². The molecule has 1 amide bonds.